The lowest BCUT2D eigenvalue weighted by molar-refractivity contribution is -0.162. The predicted octanol–water partition coefficient (Wildman–Crippen LogP) is 8.81. The lowest BCUT2D eigenvalue weighted by Gasteiger charge is -2.54. The van der Waals surface area contributed by atoms with E-state index in [1.54, 1.807) is 63.7 Å². The minimum absolute atomic E-state index is 0.0403. The number of carbonyl (C=O) groups is 5. The molecule has 4 fully saturated rings. The van der Waals surface area contributed by atoms with E-state index in [4.69, 9.17) is 28.2 Å². The van der Waals surface area contributed by atoms with Crippen molar-refractivity contribution >= 4 is 91.2 Å². The zero-order chi connectivity index (χ0) is 58.1. The molecule has 3 saturated heterocycles. The number of amides is 3. The maximum absolute atomic E-state index is 15.1. The zero-order valence-electron chi connectivity index (χ0n) is 46.9. The van der Waals surface area contributed by atoms with Gasteiger partial charge in [-0.25, -0.2) is 18.4 Å². The number of hydrogen-bond acceptors (Lipinski definition) is 13. The Bertz CT molecular complexity index is 3370. The largest absolute Gasteiger partial charge is 0.481 e. The molecule has 0 spiro atoms. The number of carbonyl (C=O) groups excluding carboxylic acids is 4. The van der Waals surface area contributed by atoms with E-state index >= 15 is 4.79 Å². The molecule has 2 aromatic carbocycles. The minimum Gasteiger partial charge on any atom is -0.481 e. The van der Waals surface area contributed by atoms with Gasteiger partial charge in [-0.2, -0.15) is 9.29 Å². The number of pyridine rings is 2. The van der Waals surface area contributed by atoms with Gasteiger partial charge in [0.1, 0.15) is 11.5 Å². The number of aromatic nitrogens is 4. The van der Waals surface area contributed by atoms with Crippen LogP contribution < -0.4 is 15.8 Å². The van der Waals surface area contributed by atoms with Gasteiger partial charge in [-0.05, 0) is 98.0 Å². The summed E-state index contributed by atoms with van der Waals surface area (Å²) in [5.41, 5.74) is 1.11. The van der Waals surface area contributed by atoms with Crippen LogP contribution in [0.4, 0.5) is 17.5 Å². The Morgan fingerprint density at radius 3 is 2.05 bits per heavy atom. The van der Waals surface area contributed by atoms with Crippen LogP contribution in [-0.2, 0) is 29.2 Å². The zero-order valence-corrected chi connectivity index (χ0v) is 49.2. The van der Waals surface area contributed by atoms with Crippen molar-refractivity contribution in [3.8, 4) is 0 Å². The van der Waals surface area contributed by atoms with E-state index in [1.165, 1.54) is 11.2 Å². The molecular formula is C59H72Cl2N10O9S. The van der Waals surface area contributed by atoms with Gasteiger partial charge in [0.2, 0.25) is 33.7 Å². The van der Waals surface area contributed by atoms with Crippen LogP contribution in [0.25, 0.3) is 11.0 Å². The molecule has 9 rings (SSSR count). The summed E-state index contributed by atoms with van der Waals surface area (Å²) in [6.07, 6.45) is 7.47. The fraction of sp³-hybridized carbons (Fsp3) is 0.508. The number of nitrogens with one attached hydrogen (secondary N) is 1. The van der Waals surface area contributed by atoms with Crippen molar-refractivity contribution in [1.82, 2.24) is 38.5 Å². The maximum Gasteiger partial charge on any atom is 0.304 e. The number of likely N-dealkylation sites (tertiary alicyclic amines) is 1. The third-order valence-corrected chi connectivity index (χ3v) is 19.2. The van der Waals surface area contributed by atoms with Crippen LogP contribution in [0.3, 0.4) is 0 Å². The van der Waals surface area contributed by atoms with E-state index in [0.29, 0.717) is 65.1 Å². The molecule has 4 atom stereocenters. The SMILES string of the molecule is CC(=O)c1c(C)c2cnc(Nc3ccc(N4CCN(C(=O)CCCC(=O)N5CCN(S(=O)(=O)CC(N6C(=O)[C@@](C)(CC(=O)O)C[C@H](c7cccc(Cl)c7)[C@H]6c6ccc(Cl)cc6)C(C)(C)C)CC5)CC4)cn3)nc2n(C2CCCC2)c1=O. The van der Waals surface area contributed by atoms with E-state index in [-0.39, 0.29) is 86.2 Å². The summed E-state index contributed by atoms with van der Waals surface area (Å²) in [6, 6.07) is 16.4. The number of Topliss-reactive ketones (excluding diaryl/α,β-unsaturated/α-hetero) is 1. The monoisotopic (exact) mass is 1170 g/mol. The third-order valence-electron chi connectivity index (χ3n) is 16.8. The number of hydrogen-bond donors (Lipinski definition) is 2. The first-order valence-electron chi connectivity index (χ1n) is 27.9. The molecule has 1 aliphatic carbocycles. The van der Waals surface area contributed by atoms with Gasteiger partial charge < -0.3 is 30.0 Å². The Kier molecular flexibility index (Phi) is 17.6. The number of aliphatic carboxylic acids is 1. The van der Waals surface area contributed by atoms with Gasteiger partial charge in [0.15, 0.2) is 5.78 Å². The summed E-state index contributed by atoms with van der Waals surface area (Å²) in [6.45, 7) is 13.0. The Labute approximate surface area is 483 Å². The molecular weight excluding hydrogens is 1100 g/mol. The molecule has 4 aliphatic rings. The smallest absolute Gasteiger partial charge is 0.304 e. The number of ketones is 1. The Morgan fingerprint density at radius 2 is 1.47 bits per heavy atom. The number of nitrogens with zero attached hydrogens (tertiary/aromatic N) is 9. The lowest BCUT2D eigenvalue weighted by Crippen LogP contribution is -2.61. The van der Waals surface area contributed by atoms with Crippen LogP contribution in [-0.4, -0.2) is 146 Å². The quantitative estimate of drug-likeness (QED) is 0.0830. The van der Waals surface area contributed by atoms with Crippen LogP contribution in [0, 0.1) is 17.8 Å². The number of piperazine rings is 2. The number of piperidine rings is 1. The second-order valence-electron chi connectivity index (χ2n) is 23.5. The normalized spacial score (nSPS) is 20.9. The van der Waals surface area contributed by atoms with E-state index in [0.717, 1.165) is 42.5 Å². The molecule has 1 unspecified atom stereocenters. The molecule has 81 heavy (non-hydrogen) atoms. The van der Waals surface area contributed by atoms with Crippen molar-refractivity contribution in [1.29, 1.82) is 0 Å². The Hall–Kier alpha value is -6.48. The van der Waals surface area contributed by atoms with Crippen LogP contribution in [0.1, 0.15) is 137 Å². The standard InChI is InChI=1S/C59H72Cl2N10O9S/c1-37-46-35-63-57(65-54(46)70(43-13-7-8-14-43)55(77)52(37)38(2)72)64-48-22-21-44(34-62-48)66-23-25-67(26-24-66)49(73)15-10-16-50(74)68-27-29-69(30-28-68)81(79,80)36-47(58(3,4)5)71-53(39-17-19-41(60)20-18-39)45(40-11-9-12-42(61)31-40)32-59(6,56(71)78)33-51(75)76/h9,11-12,17-22,31,34-35,43,45,47,53H,7-8,10,13-16,23-30,32-33,36H2,1-6H3,(H,75,76)(H,62,63,64,65)/t45-,47?,53-,59-/m1/s1. The topological polar surface area (TPSA) is 229 Å². The molecule has 0 radical (unpaired) electrons. The van der Waals surface area contributed by atoms with Gasteiger partial charge in [-0.1, -0.05) is 88.0 Å². The highest BCUT2D eigenvalue weighted by Crippen LogP contribution is 2.53. The highest BCUT2D eigenvalue weighted by atomic mass is 35.5. The Morgan fingerprint density at radius 1 is 0.827 bits per heavy atom. The van der Waals surface area contributed by atoms with Crippen molar-refractivity contribution in [3.63, 3.8) is 0 Å². The molecule has 3 amide bonds. The molecule has 6 heterocycles. The number of fused-ring (bicyclic) bond motifs is 1. The second kappa shape index (κ2) is 24.2. The van der Waals surface area contributed by atoms with Crippen molar-refractivity contribution in [3.05, 3.63) is 116 Å². The number of sulfonamides is 1. The molecule has 1 saturated carbocycles. The average molecular weight is 1170 g/mol. The van der Waals surface area contributed by atoms with E-state index in [9.17, 15) is 37.5 Å². The van der Waals surface area contributed by atoms with Gasteiger partial charge in [-0.3, -0.25) is 33.3 Å². The van der Waals surface area contributed by atoms with E-state index < -0.39 is 62.9 Å². The van der Waals surface area contributed by atoms with Crippen molar-refractivity contribution in [2.45, 2.75) is 123 Å². The molecule has 3 aromatic heterocycles. The molecule has 0 bridgehead atoms. The summed E-state index contributed by atoms with van der Waals surface area (Å²) < 4.78 is 32.4. The summed E-state index contributed by atoms with van der Waals surface area (Å²) in [7, 11) is -4.08. The summed E-state index contributed by atoms with van der Waals surface area (Å²) in [4.78, 5) is 102. The second-order valence-corrected chi connectivity index (χ2v) is 26.4. The maximum atomic E-state index is 15.1. The number of aryl methyl sites for hydroxylation is 1. The first kappa shape index (κ1) is 59.2. The summed E-state index contributed by atoms with van der Waals surface area (Å²) >= 11 is 12.9. The first-order chi connectivity index (χ1) is 38.4. The first-order valence-corrected chi connectivity index (χ1v) is 30.3. The number of rotatable bonds is 17. The highest BCUT2D eigenvalue weighted by Gasteiger charge is 2.55. The lowest BCUT2D eigenvalue weighted by atomic mass is 9.66. The Balaban J connectivity index is 0.777. The van der Waals surface area contributed by atoms with Crippen molar-refractivity contribution < 1.29 is 37.5 Å². The molecule has 2 N–H and O–H groups in total. The number of carboxylic acids is 1. The van der Waals surface area contributed by atoms with Gasteiger partial charge in [0.25, 0.3) is 5.56 Å². The van der Waals surface area contributed by atoms with Crippen molar-refractivity contribution in [2.24, 2.45) is 10.8 Å². The number of carboxylic acid groups (broad SMARTS) is 1. The number of benzene rings is 2. The van der Waals surface area contributed by atoms with E-state index in [2.05, 4.69) is 20.2 Å². The van der Waals surface area contributed by atoms with Crippen LogP contribution in [0.5, 0.6) is 0 Å². The molecule has 22 heteroatoms. The molecule has 19 nitrogen and oxygen atoms in total. The molecule has 5 aromatic rings. The fourth-order valence-corrected chi connectivity index (χ4v) is 14.8. The molecule has 3 aliphatic heterocycles. The molecule has 432 valence electrons. The third kappa shape index (κ3) is 12.9. The van der Waals surface area contributed by atoms with E-state index in [1.807, 2.05) is 63.2 Å². The number of halogens is 2. The van der Waals surface area contributed by atoms with Gasteiger partial charge in [0.05, 0.1) is 47.1 Å². The van der Waals surface area contributed by atoms with Gasteiger partial charge in [-0.15, -0.1) is 0 Å². The van der Waals surface area contributed by atoms with Crippen LogP contribution in [0.15, 0.2) is 77.9 Å². The van der Waals surface area contributed by atoms with Gasteiger partial charge in [0, 0.05) is 98.8 Å². The summed E-state index contributed by atoms with van der Waals surface area (Å²) in [5.74, 6) is -2.19. The highest BCUT2D eigenvalue weighted by molar-refractivity contribution is 7.89. The minimum atomic E-state index is -4.08. The fourth-order valence-electron chi connectivity index (χ4n) is 12.5. The average Bonchev–Trinajstić information content (AvgIpc) is 3.96. The van der Waals surface area contributed by atoms with Gasteiger partial charge >= 0.3 is 5.97 Å². The van der Waals surface area contributed by atoms with Crippen LogP contribution in [0.2, 0.25) is 10.0 Å². The van der Waals surface area contributed by atoms with Crippen LogP contribution >= 0.6 is 23.2 Å². The summed E-state index contributed by atoms with van der Waals surface area (Å²) in [5, 5.41) is 14.9. The van der Waals surface area contributed by atoms with Crippen molar-refractivity contribution in [2.75, 3.05) is 68.3 Å². The predicted molar refractivity (Wildman–Crippen MR) is 312 cm³/mol. The number of anilines is 3.